The van der Waals surface area contributed by atoms with Gasteiger partial charge in [0.25, 0.3) is 0 Å². The van der Waals surface area contributed by atoms with E-state index in [-0.39, 0.29) is 4.94 Å². The lowest BCUT2D eigenvalue weighted by Crippen LogP contribution is -2.03. The fraction of sp³-hybridized carbons (Fsp3) is 0.222. The molecule has 5 heteroatoms. The van der Waals surface area contributed by atoms with E-state index in [1.54, 1.807) is 6.07 Å². The molecule has 74 valence electrons. The molecule has 2 rings (SSSR count). The molecule has 0 atom stereocenters. The van der Waals surface area contributed by atoms with Crippen LogP contribution in [0.3, 0.4) is 0 Å². The minimum absolute atomic E-state index is 0.277. The van der Waals surface area contributed by atoms with E-state index in [0.29, 0.717) is 18.6 Å². The van der Waals surface area contributed by atoms with Crippen LogP contribution >= 0.6 is 11.3 Å². The zero-order valence-electron chi connectivity index (χ0n) is 7.36. The van der Waals surface area contributed by atoms with E-state index in [9.17, 15) is 4.79 Å². The molecular weight excluding hydrogens is 202 g/mol. The maximum Gasteiger partial charge on any atom is 0.396 e. The fourth-order valence-corrected chi connectivity index (χ4v) is 2.13. The van der Waals surface area contributed by atoms with Crippen molar-refractivity contribution in [1.82, 2.24) is 0 Å². The van der Waals surface area contributed by atoms with Gasteiger partial charge in [-0.2, -0.15) is 0 Å². The van der Waals surface area contributed by atoms with Gasteiger partial charge in [-0.1, -0.05) is 23.5 Å². The van der Waals surface area contributed by atoms with Gasteiger partial charge in [0.15, 0.2) is 0 Å². The quantitative estimate of drug-likeness (QED) is 0.777. The molecule has 0 unspecified atom stereocenters. The lowest BCUT2D eigenvalue weighted by atomic mass is 10.1. The summed E-state index contributed by atoms with van der Waals surface area (Å²) >= 11 is 1.11. The highest BCUT2D eigenvalue weighted by Crippen LogP contribution is 2.21. The molecule has 0 radical (unpaired) electrons. The van der Waals surface area contributed by atoms with E-state index in [1.165, 1.54) is 0 Å². The maximum atomic E-state index is 11.0. The average Bonchev–Trinajstić information content (AvgIpc) is 2.55. The van der Waals surface area contributed by atoms with E-state index in [2.05, 4.69) is 4.84 Å². The number of hydrogen-bond acceptors (Lipinski definition) is 5. The van der Waals surface area contributed by atoms with Crippen molar-refractivity contribution in [3.63, 3.8) is 0 Å². The summed E-state index contributed by atoms with van der Waals surface area (Å²) in [6, 6.07) is 5.57. The van der Waals surface area contributed by atoms with Gasteiger partial charge < -0.3 is 9.25 Å². The minimum atomic E-state index is -0.277. The first-order valence-corrected chi connectivity index (χ1v) is 4.96. The Balaban J connectivity index is 2.47. The van der Waals surface area contributed by atoms with Gasteiger partial charge in [0, 0.05) is 0 Å². The Morgan fingerprint density at radius 2 is 2.36 bits per heavy atom. The van der Waals surface area contributed by atoms with Crippen molar-refractivity contribution in [2.45, 2.75) is 6.42 Å². The lowest BCUT2D eigenvalue weighted by Gasteiger charge is -1.99. The molecular formula is C9H9NO3S. The summed E-state index contributed by atoms with van der Waals surface area (Å²) < 4.78 is 5.86. The lowest BCUT2D eigenvalue weighted by molar-refractivity contribution is 0.141. The standard InChI is InChI=1S/C9H9NO3S/c10-12-5-4-6-2-1-3-7-8(6)14-9(11)13-7/h1-3H,4-5,10H2. The summed E-state index contributed by atoms with van der Waals surface area (Å²) in [6.45, 7) is 0.436. The van der Waals surface area contributed by atoms with Gasteiger partial charge in [0.05, 0.1) is 11.3 Å². The predicted molar refractivity (Wildman–Crippen MR) is 54.2 cm³/mol. The average molecular weight is 211 g/mol. The maximum absolute atomic E-state index is 11.0. The van der Waals surface area contributed by atoms with Gasteiger partial charge in [-0.05, 0) is 18.1 Å². The van der Waals surface area contributed by atoms with Crippen molar-refractivity contribution in [2.24, 2.45) is 5.90 Å². The van der Waals surface area contributed by atoms with Crippen LogP contribution in [0.25, 0.3) is 10.3 Å². The van der Waals surface area contributed by atoms with E-state index < -0.39 is 0 Å². The molecule has 0 aliphatic rings. The van der Waals surface area contributed by atoms with Gasteiger partial charge in [-0.25, -0.2) is 10.7 Å². The first kappa shape index (κ1) is 9.39. The molecule has 14 heavy (non-hydrogen) atoms. The number of benzene rings is 1. The monoisotopic (exact) mass is 211 g/mol. The first-order valence-electron chi connectivity index (χ1n) is 4.14. The summed E-state index contributed by atoms with van der Waals surface area (Å²) in [6.07, 6.45) is 0.684. The third-order valence-corrected chi connectivity index (χ3v) is 2.85. The molecule has 0 aliphatic carbocycles. The molecule has 0 bridgehead atoms. The Morgan fingerprint density at radius 1 is 1.50 bits per heavy atom. The zero-order valence-corrected chi connectivity index (χ0v) is 8.17. The summed E-state index contributed by atoms with van der Waals surface area (Å²) in [5, 5.41) is 0. The number of hydrogen-bond donors (Lipinski definition) is 1. The molecule has 0 aliphatic heterocycles. The molecule has 0 fully saturated rings. The number of rotatable bonds is 3. The molecule has 0 saturated heterocycles. The van der Waals surface area contributed by atoms with Gasteiger partial charge in [0.2, 0.25) is 0 Å². The second-order valence-electron chi connectivity index (χ2n) is 2.82. The van der Waals surface area contributed by atoms with Crippen LogP contribution < -0.4 is 10.8 Å². The smallest absolute Gasteiger partial charge is 0.396 e. The van der Waals surface area contributed by atoms with Crippen LogP contribution in [0.5, 0.6) is 0 Å². The van der Waals surface area contributed by atoms with E-state index >= 15 is 0 Å². The van der Waals surface area contributed by atoms with Crippen molar-refractivity contribution in [2.75, 3.05) is 6.61 Å². The van der Waals surface area contributed by atoms with Crippen LogP contribution in [0.4, 0.5) is 0 Å². The fourth-order valence-electron chi connectivity index (χ4n) is 1.32. The van der Waals surface area contributed by atoms with Gasteiger partial charge in [0.1, 0.15) is 5.58 Å². The largest absolute Gasteiger partial charge is 0.414 e. The Bertz CT molecular complexity index is 488. The van der Waals surface area contributed by atoms with Crippen molar-refractivity contribution >= 4 is 21.6 Å². The second kappa shape index (κ2) is 3.91. The third-order valence-electron chi connectivity index (χ3n) is 1.93. The topological polar surface area (TPSA) is 65.5 Å². The first-order chi connectivity index (χ1) is 6.81. The zero-order chi connectivity index (χ0) is 9.97. The van der Waals surface area contributed by atoms with Crippen LogP contribution in [0.15, 0.2) is 27.4 Å². The highest BCUT2D eigenvalue weighted by molar-refractivity contribution is 7.16. The van der Waals surface area contributed by atoms with Gasteiger partial charge in [-0.3, -0.25) is 0 Å². The van der Waals surface area contributed by atoms with Crippen LogP contribution in [-0.4, -0.2) is 6.61 Å². The molecule has 1 aromatic carbocycles. The minimum Gasteiger partial charge on any atom is -0.414 e. The molecule has 2 aromatic rings. The third kappa shape index (κ3) is 1.70. The van der Waals surface area contributed by atoms with E-state index in [4.69, 9.17) is 10.3 Å². The Kier molecular flexibility index (Phi) is 2.62. The van der Waals surface area contributed by atoms with Crippen LogP contribution in [0.1, 0.15) is 5.56 Å². The summed E-state index contributed by atoms with van der Waals surface area (Å²) in [5.74, 6) is 4.94. The summed E-state index contributed by atoms with van der Waals surface area (Å²) in [7, 11) is 0. The van der Waals surface area contributed by atoms with Crippen LogP contribution in [0.2, 0.25) is 0 Å². The normalized spacial score (nSPS) is 10.9. The second-order valence-corrected chi connectivity index (χ2v) is 3.77. The Labute approximate surface area is 83.9 Å². The van der Waals surface area contributed by atoms with Crippen LogP contribution in [-0.2, 0) is 11.3 Å². The molecule has 0 amide bonds. The molecule has 1 aromatic heterocycles. The highest BCUT2D eigenvalue weighted by Gasteiger charge is 2.06. The van der Waals surface area contributed by atoms with Crippen LogP contribution in [0, 0.1) is 0 Å². The summed E-state index contributed by atoms with van der Waals surface area (Å²) in [5.41, 5.74) is 1.67. The number of fused-ring (bicyclic) bond motifs is 1. The molecule has 2 N–H and O–H groups in total. The molecule has 0 spiro atoms. The molecule has 4 nitrogen and oxygen atoms in total. The Hall–Kier alpha value is -1.17. The van der Waals surface area contributed by atoms with Crippen molar-refractivity contribution in [3.8, 4) is 0 Å². The van der Waals surface area contributed by atoms with Crippen molar-refractivity contribution < 1.29 is 9.25 Å². The highest BCUT2D eigenvalue weighted by atomic mass is 32.1. The van der Waals surface area contributed by atoms with Gasteiger partial charge in [-0.15, -0.1) is 0 Å². The Morgan fingerprint density at radius 3 is 3.14 bits per heavy atom. The predicted octanol–water partition coefficient (Wildman–Crippen LogP) is 1.29. The van der Waals surface area contributed by atoms with E-state index in [0.717, 1.165) is 21.6 Å². The van der Waals surface area contributed by atoms with Gasteiger partial charge >= 0.3 is 4.94 Å². The number of nitrogens with two attached hydrogens (primary N) is 1. The van der Waals surface area contributed by atoms with Crippen molar-refractivity contribution in [1.29, 1.82) is 0 Å². The molecule has 0 saturated carbocycles. The van der Waals surface area contributed by atoms with E-state index in [1.807, 2.05) is 12.1 Å². The van der Waals surface area contributed by atoms with Crippen molar-refractivity contribution in [3.05, 3.63) is 33.5 Å². The summed E-state index contributed by atoms with van der Waals surface area (Å²) in [4.78, 5) is 15.2. The molecule has 1 heterocycles. The SMILES string of the molecule is NOCCc1cccc2oc(=O)sc12.